The number of nitrogens with zero attached hydrogens (tertiary/aromatic N) is 4. The summed E-state index contributed by atoms with van der Waals surface area (Å²) in [5.74, 6) is 1.97. The number of guanidine groups is 1. The van der Waals surface area contributed by atoms with Crippen molar-refractivity contribution >= 4 is 29.9 Å². The van der Waals surface area contributed by atoms with Crippen molar-refractivity contribution in [1.29, 1.82) is 0 Å². The second-order valence-corrected chi connectivity index (χ2v) is 4.34. The van der Waals surface area contributed by atoms with E-state index >= 15 is 0 Å². The summed E-state index contributed by atoms with van der Waals surface area (Å²) in [4.78, 5) is 4.23. The molecule has 1 heterocycles. The van der Waals surface area contributed by atoms with Crippen LogP contribution in [-0.2, 0) is 13.1 Å². The molecule has 0 aliphatic carbocycles. The number of nitrogens with two attached hydrogens (primary N) is 1. The molecule has 0 unspecified atom stereocenters. The van der Waals surface area contributed by atoms with Crippen molar-refractivity contribution < 1.29 is 0 Å². The third-order valence-electron chi connectivity index (χ3n) is 2.46. The topological polar surface area (TPSA) is 81.1 Å². The van der Waals surface area contributed by atoms with Crippen LogP contribution >= 0.6 is 24.0 Å². The van der Waals surface area contributed by atoms with Gasteiger partial charge in [-0.05, 0) is 19.3 Å². The van der Waals surface area contributed by atoms with Gasteiger partial charge < -0.3 is 15.6 Å². The van der Waals surface area contributed by atoms with Gasteiger partial charge in [-0.15, -0.1) is 34.2 Å². The van der Waals surface area contributed by atoms with E-state index in [1.54, 1.807) is 6.33 Å². The normalized spacial score (nSPS) is 11.4. The second kappa shape index (κ2) is 9.12. The van der Waals surface area contributed by atoms with Crippen molar-refractivity contribution in [3.05, 3.63) is 12.2 Å². The van der Waals surface area contributed by atoms with Gasteiger partial charge in [0.2, 0.25) is 0 Å². The van der Waals surface area contributed by atoms with Gasteiger partial charge >= 0.3 is 0 Å². The summed E-state index contributed by atoms with van der Waals surface area (Å²) in [5.41, 5.74) is 5.75. The Morgan fingerprint density at radius 3 is 2.89 bits per heavy atom. The minimum Gasteiger partial charge on any atom is -0.370 e. The third-order valence-corrected chi connectivity index (χ3v) is 2.46. The Balaban J connectivity index is 0.00000289. The Morgan fingerprint density at radius 2 is 2.28 bits per heavy atom. The van der Waals surface area contributed by atoms with Crippen molar-refractivity contribution in [3.63, 3.8) is 0 Å². The van der Waals surface area contributed by atoms with Crippen molar-refractivity contribution in [1.82, 2.24) is 20.1 Å². The zero-order valence-electron chi connectivity index (χ0n) is 11.3. The van der Waals surface area contributed by atoms with Gasteiger partial charge in [0, 0.05) is 13.1 Å². The predicted molar refractivity (Wildman–Crippen MR) is 83.9 cm³/mol. The molecule has 1 aromatic heterocycles. The van der Waals surface area contributed by atoms with Gasteiger partial charge in [-0.3, -0.25) is 0 Å². The molecule has 0 spiro atoms. The fourth-order valence-electron chi connectivity index (χ4n) is 1.37. The van der Waals surface area contributed by atoms with Gasteiger partial charge in [0.1, 0.15) is 12.9 Å². The number of halogens is 1. The Hall–Kier alpha value is -0.860. The summed E-state index contributed by atoms with van der Waals surface area (Å²) >= 11 is 0. The van der Waals surface area contributed by atoms with Crippen LogP contribution in [0.25, 0.3) is 0 Å². The van der Waals surface area contributed by atoms with Crippen LogP contribution in [0.15, 0.2) is 11.3 Å². The van der Waals surface area contributed by atoms with Crippen molar-refractivity contribution in [3.8, 4) is 0 Å². The third kappa shape index (κ3) is 6.18. The van der Waals surface area contributed by atoms with Gasteiger partial charge in [0.25, 0.3) is 0 Å². The first-order valence-corrected chi connectivity index (χ1v) is 6.04. The number of aryl methyl sites for hydroxylation is 1. The molecule has 1 aromatic rings. The molecule has 3 N–H and O–H groups in total. The van der Waals surface area contributed by atoms with E-state index in [9.17, 15) is 0 Å². The van der Waals surface area contributed by atoms with E-state index in [1.807, 2.05) is 11.5 Å². The number of aromatic nitrogens is 3. The summed E-state index contributed by atoms with van der Waals surface area (Å²) < 4.78 is 1.95. The molecular formula is C11H23IN6. The Labute approximate surface area is 125 Å². The summed E-state index contributed by atoms with van der Waals surface area (Å²) in [6, 6.07) is 0. The van der Waals surface area contributed by atoms with Gasteiger partial charge in [-0.25, -0.2) is 4.99 Å². The molecule has 0 aromatic carbocycles. The lowest BCUT2D eigenvalue weighted by molar-refractivity contribution is 0.576. The Kier molecular flexibility index (Phi) is 8.69. The summed E-state index contributed by atoms with van der Waals surface area (Å²) in [6.07, 6.45) is 2.79. The molecule has 6 nitrogen and oxygen atoms in total. The standard InChI is InChI=1S/C11H22N6.HI/c1-4-17-8-15-16-10(17)7-14-11(12)13-6-5-9(2)3;/h8-9H,4-7H2,1-3H3,(H3,12,13,14);1H. The molecule has 0 amide bonds. The van der Waals surface area contributed by atoms with E-state index in [4.69, 9.17) is 5.73 Å². The Bertz CT molecular complexity index is 360. The molecule has 0 fully saturated rings. The Morgan fingerprint density at radius 1 is 1.56 bits per heavy atom. The first-order chi connectivity index (χ1) is 8.13. The molecule has 0 atom stereocenters. The van der Waals surface area contributed by atoms with E-state index in [0.29, 0.717) is 18.4 Å². The summed E-state index contributed by atoms with van der Waals surface area (Å²) in [6.45, 7) is 8.57. The van der Waals surface area contributed by atoms with Crippen LogP contribution in [0.1, 0.15) is 33.0 Å². The molecule has 104 valence electrons. The zero-order valence-corrected chi connectivity index (χ0v) is 13.6. The highest BCUT2D eigenvalue weighted by molar-refractivity contribution is 14.0. The summed E-state index contributed by atoms with van der Waals surface area (Å²) in [5, 5.41) is 10.9. The highest BCUT2D eigenvalue weighted by Gasteiger charge is 2.01. The predicted octanol–water partition coefficient (Wildman–Crippen LogP) is 1.37. The van der Waals surface area contributed by atoms with E-state index in [1.165, 1.54) is 0 Å². The lowest BCUT2D eigenvalue weighted by atomic mass is 10.1. The quantitative estimate of drug-likeness (QED) is 0.453. The second-order valence-electron chi connectivity index (χ2n) is 4.34. The van der Waals surface area contributed by atoms with Crippen LogP contribution < -0.4 is 11.1 Å². The maximum atomic E-state index is 5.75. The average Bonchev–Trinajstić information content (AvgIpc) is 2.73. The summed E-state index contributed by atoms with van der Waals surface area (Å²) in [7, 11) is 0. The molecule has 1 rings (SSSR count). The van der Waals surface area contributed by atoms with Crippen LogP contribution in [0.4, 0.5) is 0 Å². The number of aliphatic imine (C=N–C) groups is 1. The molecule has 0 aliphatic heterocycles. The first-order valence-electron chi connectivity index (χ1n) is 6.04. The van der Waals surface area contributed by atoms with Crippen LogP contribution in [-0.4, -0.2) is 27.3 Å². The SMILES string of the molecule is CCn1cnnc1CN=C(N)NCCC(C)C.I. The van der Waals surface area contributed by atoms with E-state index in [-0.39, 0.29) is 24.0 Å². The number of nitrogens with one attached hydrogen (secondary N) is 1. The molecular weight excluding hydrogens is 343 g/mol. The molecule has 0 saturated carbocycles. The van der Waals surface area contributed by atoms with Gasteiger partial charge in [-0.1, -0.05) is 13.8 Å². The molecule has 0 aliphatic rings. The van der Waals surface area contributed by atoms with Crippen molar-refractivity contribution in [2.45, 2.75) is 40.3 Å². The van der Waals surface area contributed by atoms with E-state index in [2.05, 4.69) is 34.4 Å². The number of rotatable bonds is 6. The fraction of sp³-hybridized carbons (Fsp3) is 0.727. The maximum absolute atomic E-state index is 5.75. The van der Waals surface area contributed by atoms with Crippen molar-refractivity contribution in [2.75, 3.05) is 6.54 Å². The molecule has 7 heteroatoms. The zero-order chi connectivity index (χ0) is 12.7. The van der Waals surface area contributed by atoms with Crippen LogP contribution in [0.2, 0.25) is 0 Å². The smallest absolute Gasteiger partial charge is 0.189 e. The largest absolute Gasteiger partial charge is 0.370 e. The van der Waals surface area contributed by atoms with Crippen LogP contribution in [0.5, 0.6) is 0 Å². The van der Waals surface area contributed by atoms with E-state index < -0.39 is 0 Å². The van der Waals surface area contributed by atoms with Gasteiger partial charge in [-0.2, -0.15) is 0 Å². The van der Waals surface area contributed by atoms with Crippen LogP contribution in [0, 0.1) is 5.92 Å². The first kappa shape index (κ1) is 17.1. The van der Waals surface area contributed by atoms with Crippen LogP contribution in [0.3, 0.4) is 0 Å². The lowest BCUT2D eigenvalue weighted by Crippen LogP contribution is -2.33. The maximum Gasteiger partial charge on any atom is 0.189 e. The minimum atomic E-state index is 0. The fourth-order valence-corrected chi connectivity index (χ4v) is 1.37. The lowest BCUT2D eigenvalue weighted by Gasteiger charge is -2.07. The van der Waals surface area contributed by atoms with Gasteiger partial charge in [0.05, 0.1) is 0 Å². The monoisotopic (exact) mass is 366 g/mol. The molecule has 0 bridgehead atoms. The average molecular weight is 366 g/mol. The van der Waals surface area contributed by atoms with Crippen molar-refractivity contribution in [2.24, 2.45) is 16.6 Å². The highest BCUT2D eigenvalue weighted by atomic mass is 127. The molecule has 18 heavy (non-hydrogen) atoms. The van der Waals surface area contributed by atoms with Gasteiger partial charge in [0.15, 0.2) is 11.8 Å². The molecule has 0 radical (unpaired) electrons. The van der Waals surface area contributed by atoms with E-state index in [0.717, 1.165) is 25.3 Å². The number of hydrogen-bond donors (Lipinski definition) is 2. The molecule has 0 saturated heterocycles. The highest BCUT2D eigenvalue weighted by Crippen LogP contribution is 1.97. The number of hydrogen-bond acceptors (Lipinski definition) is 3. The minimum absolute atomic E-state index is 0.